The van der Waals surface area contributed by atoms with Crippen molar-refractivity contribution in [1.29, 1.82) is 0 Å². The summed E-state index contributed by atoms with van der Waals surface area (Å²) in [6.07, 6.45) is 12.7. The highest BCUT2D eigenvalue weighted by Crippen LogP contribution is 2.26. The standard InChI is InChI=1S/C18H20N2O2/c1-12-6-5-9-17(15-8-4-3-7-14(12)10-15)19-18(21)16-11-22-20-13(16)2/h3-4,7-8,11-12,17H,5-6,9H2,1-2H3,(H,19,21). The fourth-order valence-corrected chi connectivity index (χ4v) is 2.89. The summed E-state index contributed by atoms with van der Waals surface area (Å²) in [7, 11) is 0. The van der Waals surface area contributed by atoms with E-state index in [4.69, 9.17) is 4.52 Å². The number of aromatic nitrogens is 1. The first-order valence-electron chi connectivity index (χ1n) is 7.72. The molecule has 1 N–H and O–H groups in total. The van der Waals surface area contributed by atoms with E-state index in [0.717, 1.165) is 24.8 Å². The molecule has 0 fully saturated rings. The highest BCUT2D eigenvalue weighted by atomic mass is 16.5. The first kappa shape index (κ1) is 14.6. The van der Waals surface area contributed by atoms with Crippen molar-refractivity contribution in [3.8, 4) is 0 Å². The molecule has 22 heavy (non-hydrogen) atoms. The zero-order valence-corrected chi connectivity index (χ0v) is 12.9. The van der Waals surface area contributed by atoms with Crippen molar-refractivity contribution >= 4 is 5.91 Å². The Morgan fingerprint density at radius 1 is 1.32 bits per heavy atom. The summed E-state index contributed by atoms with van der Waals surface area (Å²) in [4.78, 5) is 12.4. The number of rotatable bonds is 2. The second kappa shape index (κ2) is 6.20. The van der Waals surface area contributed by atoms with Gasteiger partial charge in [0.2, 0.25) is 0 Å². The highest BCUT2D eigenvalue weighted by Gasteiger charge is 2.22. The summed E-state index contributed by atoms with van der Waals surface area (Å²) in [6.45, 7) is 4.00. The van der Waals surface area contributed by atoms with Gasteiger partial charge < -0.3 is 9.84 Å². The van der Waals surface area contributed by atoms with Crippen LogP contribution in [0.5, 0.6) is 0 Å². The molecular formula is C18H20N2O2. The maximum atomic E-state index is 12.4. The summed E-state index contributed by atoms with van der Waals surface area (Å²) in [6, 6.07) is -0.0274. The molecule has 4 heteroatoms. The van der Waals surface area contributed by atoms with Crippen LogP contribution in [0.25, 0.3) is 0 Å². The predicted octanol–water partition coefficient (Wildman–Crippen LogP) is 3.48. The van der Waals surface area contributed by atoms with E-state index >= 15 is 0 Å². The Bertz CT molecular complexity index is 702. The molecule has 2 unspecified atom stereocenters. The molecule has 0 spiro atoms. The molecule has 1 amide bonds. The average Bonchev–Trinajstić information content (AvgIpc) is 2.76. The minimum absolute atomic E-state index is 0.0274. The molecule has 1 heterocycles. The molecule has 114 valence electrons. The van der Waals surface area contributed by atoms with Crippen molar-refractivity contribution in [3.05, 3.63) is 58.7 Å². The van der Waals surface area contributed by atoms with Gasteiger partial charge in [-0.15, -0.1) is 5.73 Å². The Balaban J connectivity index is 1.88. The monoisotopic (exact) mass is 296 g/mol. The molecule has 0 saturated carbocycles. The Morgan fingerprint density at radius 2 is 2.09 bits per heavy atom. The number of nitrogens with zero attached hydrogens (tertiary/aromatic N) is 1. The Hall–Kier alpha value is -2.32. The van der Waals surface area contributed by atoms with Gasteiger partial charge in [0, 0.05) is 5.57 Å². The topological polar surface area (TPSA) is 55.1 Å². The Morgan fingerprint density at radius 3 is 2.82 bits per heavy atom. The minimum atomic E-state index is -0.140. The smallest absolute Gasteiger partial charge is 0.257 e. The van der Waals surface area contributed by atoms with Crippen LogP contribution in [0.2, 0.25) is 0 Å². The van der Waals surface area contributed by atoms with Crippen LogP contribution < -0.4 is 5.32 Å². The molecule has 0 radical (unpaired) electrons. The molecule has 2 atom stereocenters. The Kier molecular flexibility index (Phi) is 4.12. The second-order valence-corrected chi connectivity index (χ2v) is 5.93. The van der Waals surface area contributed by atoms with Crippen LogP contribution in [0.4, 0.5) is 0 Å². The number of carbonyl (C=O) groups excluding carboxylic acids is 1. The fraction of sp³-hybridized carbons (Fsp3) is 0.389. The third-order valence-electron chi connectivity index (χ3n) is 4.29. The molecule has 2 aliphatic carbocycles. The number of allylic oxidation sites excluding steroid dienone is 3. The summed E-state index contributed by atoms with van der Waals surface area (Å²) >= 11 is 0. The van der Waals surface area contributed by atoms with Crippen molar-refractivity contribution in [2.24, 2.45) is 5.92 Å². The highest BCUT2D eigenvalue weighted by molar-refractivity contribution is 5.95. The molecule has 0 aliphatic heterocycles. The van der Waals surface area contributed by atoms with Gasteiger partial charge in [0.25, 0.3) is 5.91 Å². The van der Waals surface area contributed by atoms with Crippen LogP contribution in [0.15, 0.2) is 52.0 Å². The van der Waals surface area contributed by atoms with E-state index in [1.54, 1.807) is 6.92 Å². The summed E-state index contributed by atoms with van der Waals surface area (Å²) in [5.41, 5.74) is 6.84. The van der Waals surface area contributed by atoms with E-state index in [-0.39, 0.29) is 11.9 Å². The van der Waals surface area contributed by atoms with Crippen LogP contribution >= 0.6 is 0 Å². The van der Waals surface area contributed by atoms with Crippen LogP contribution in [0.1, 0.15) is 42.2 Å². The van der Waals surface area contributed by atoms with Gasteiger partial charge in [-0.3, -0.25) is 4.79 Å². The third-order valence-corrected chi connectivity index (χ3v) is 4.29. The lowest BCUT2D eigenvalue weighted by Crippen LogP contribution is -2.36. The zero-order valence-electron chi connectivity index (χ0n) is 12.9. The van der Waals surface area contributed by atoms with Crippen molar-refractivity contribution in [2.45, 2.75) is 39.2 Å². The van der Waals surface area contributed by atoms with E-state index in [2.05, 4.69) is 29.2 Å². The van der Waals surface area contributed by atoms with E-state index in [1.807, 2.05) is 18.2 Å². The number of hydrogen-bond acceptors (Lipinski definition) is 3. The average molecular weight is 296 g/mol. The number of aryl methyl sites for hydroxylation is 1. The zero-order chi connectivity index (χ0) is 15.5. The quantitative estimate of drug-likeness (QED) is 0.850. The van der Waals surface area contributed by atoms with E-state index < -0.39 is 0 Å². The van der Waals surface area contributed by atoms with Crippen LogP contribution in [-0.2, 0) is 0 Å². The summed E-state index contributed by atoms with van der Waals surface area (Å²) < 4.78 is 4.85. The number of amides is 1. The summed E-state index contributed by atoms with van der Waals surface area (Å²) in [5, 5.41) is 6.86. The lowest BCUT2D eigenvalue weighted by Gasteiger charge is -2.22. The normalized spacial score (nSPS) is 23.9. The maximum absolute atomic E-state index is 12.4. The third kappa shape index (κ3) is 2.97. The van der Waals surface area contributed by atoms with Crippen molar-refractivity contribution in [3.63, 3.8) is 0 Å². The number of carbonyl (C=O) groups is 1. The van der Waals surface area contributed by atoms with E-state index in [9.17, 15) is 4.79 Å². The van der Waals surface area contributed by atoms with Gasteiger partial charge in [-0.1, -0.05) is 36.7 Å². The van der Waals surface area contributed by atoms with Gasteiger partial charge in [0.1, 0.15) is 11.8 Å². The van der Waals surface area contributed by atoms with E-state index in [0.29, 0.717) is 17.2 Å². The summed E-state index contributed by atoms with van der Waals surface area (Å²) in [5.74, 6) is 0.363. The fourth-order valence-electron chi connectivity index (χ4n) is 2.89. The van der Waals surface area contributed by atoms with Gasteiger partial charge in [-0.25, -0.2) is 0 Å². The number of nitrogens with one attached hydrogen (secondary N) is 1. The second-order valence-electron chi connectivity index (χ2n) is 5.93. The molecule has 2 bridgehead atoms. The lowest BCUT2D eigenvalue weighted by molar-refractivity contribution is 0.0939. The van der Waals surface area contributed by atoms with Crippen LogP contribution in [0.3, 0.4) is 0 Å². The molecule has 0 aromatic carbocycles. The van der Waals surface area contributed by atoms with Crippen LogP contribution in [-0.4, -0.2) is 17.1 Å². The predicted molar refractivity (Wildman–Crippen MR) is 84.3 cm³/mol. The molecule has 4 nitrogen and oxygen atoms in total. The SMILES string of the molecule is Cc1nocc1C(=O)NC1CCCC(C)C2=C=C1C=CC=C2. The molecular weight excluding hydrogens is 276 g/mol. The van der Waals surface area contributed by atoms with Crippen molar-refractivity contribution < 1.29 is 9.32 Å². The molecule has 3 rings (SSSR count). The first-order valence-corrected chi connectivity index (χ1v) is 7.72. The van der Waals surface area contributed by atoms with Gasteiger partial charge in [0.15, 0.2) is 0 Å². The van der Waals surface area contributed by atoms with E-state index in [1.165, 1.54) is 11.8 Å². The molecule has 1 aromatic heterocycles. The Labute approximate surface area is 130 Å². The van der Waals surface area contributed by atoms with Crippen molar-refractivity contribution in [2.75, 3.05) is 0 Å². The number of hydrogen-bond donors (Lipinski definition) is 1. The largest absolute Gasteiger partial charge is 0.364 e. The van der Waals surface area contributed by atoms with Gasteiger partial charge in [0.05, 0.1) is 11.7 Å². The van der Waals surface area contributed by atoms with Crippen molar-refractivity contribution in [1.82, 2.24) is 10.5 Å². The minimum Gasteiger partial charge on any atom is -0.364 e. The lowest BCUT2D eigenvalue weighted by atomic mass is 9.89. The maximum Gasteiger partial charge on any atom is 0.257 e. The molecule has 1 aromatic rings. The first-order chi connectivity index (χ1) is 10.6. The van der Waals surface area contributed by atoms with Gasteiger partial charge >= 0.3 is 0 Å². The molecule has 2 aliphatic rings. The van der Waals surface area contributed by atoms with Crippen LogP contribution in [0, 0.1) is 12.8 Å². The van der Waals surface area contributed by atoms with Gasteiger partial charge in [-0.2, -0.15) is 0 Å². The van der Waals surface area contributed by atoms with Gasteiger partial charge in [-0.05, 0) is 37.3 Å². The molecule has 0 saturated heterocycles.